The Labute approximate surface area is 130 Å². The second-order valence-electron chi connectivity index (χ2n) is 4.40. The summed E-state index contributed by atoms with van der Waals surface area (Å²) in [6, 6.07) is 10.6. The molecular formula is C14H12BrNO4S. The number of nitrogens with one attached hydrogen (secondary N) is 1. The Morgan fingerprint density at radius 3 is 2.52 bits per heavy atom. The summed E-state index contributed by atoms with van der Waals surface area (Å²) >= 11 is 3.21. The van der Waals surface area contributed by atoms with Gasteiger partial charge in [0.05, 0.1) is 10.5 Å². The minimum Gasteiger partial charge on any atom is -0.478 e. The molecule has 0 saturated heterocycles. The highest BCUT2D eigenvalue weighted by atomic mass is 79.9. The minimum atomic E-state index is -3.76. The zero-order valence-electron chi connectivity index (χ0n) is 11.0. The van der Waals surface area contributed by atoms with Crippen molar-refractivity contribution in [3.8, 4) is 0 Å². The monoisotopic (exact) mass is 369 g/mol. The number of aromatic carboxylic acids is 1. The molecule has 0 aliphatic carbocycles. The molecule has 0 spiro atoms. The van der Waals surface area contributed by atoms with E-state index in [2.05, 4.69) is 20.7 Å². The Morgan fingerprint density at radius 2 is 1.90 bits per heavy atom. The zero-order valence-corrected chi connectivity index (χ0v) is 13.4. The van der Waals surface area contributed by atoms with E-state index in [0.29, 0.717) is 10.0 Å². The first kappa shape index (κ1) is 15.5. The molecule has 2 rings (SSSR count). The molecule has 0 aromatic heterocycles. The Hall–Kier alpha value is -1.86. The molecule has 2 aromatic rings. The van der Waals surface area contributed by atoms with Gasteiger partial charge in [-0.05, 0) is 42.8 Å². The van der Waals surface area contributed by atoms with E-state index in [4.69, 9.17) is 5.11 Å². The highest BCUT2D eigenvalue weighted by molar-refractivity contribution is 9.10. The molecule has 0 fully saturated rings. The van der Waals surface area contributed by atoms with E-state index in [-0.39, 0.29) is 16.1 Å². The molecule has 2 aromatic carbocycles. The third-order valence-electron chi connectivity index (χ3n) is 2.83. The van der Waals surface area contributed by atoms with Gasteiger partial charge in [-0.25, -0.2) is 13.2 Å². The zero-order chi connectivity index (χ0) is 15.6. The van der Waals surface area contributed by atoms with Crippen molar-refractivity contribution in [1.29, 1.82) is 0 Å². The SMILES string of the molecule is Cc1ccc(NS(=O)(=O)c2cccc(Br)c2)cc1C(=O)O. The number of hydrogen-bond acceptors (Lipinski definition) is 3. The first-order valence-electron chi connectivity index (χ1n) is 5.92. The number of carbonyl (C=O) groups is 1. The van der Waals surface area contributed by atoms with Crippen LogP contribution in [0.25, 0.3) is 0 Å². The second-order valence-corrected chi connectivity index (χ2v) is 7.00. The summed E-state index contributed by atoms with van der Waals surface area (Å²) in [6.07, 6.45) is 0. The van der Waals surface area contributed by atoms with Crippen molar-refractivity contribution in [1.82, 2.24) is 0 Å². The van der Waals surface area contributed by atoms with Crippen LogP contribution in [0.5, 0.6) is 0 Å². The molecule has 0 amide bonds. The average Bonchev–Trinajstić information content (AvgIpc) is 2.40. The minimum absolute atomic E-state index is 0.0597. The lowest BCUT2D eigenvalue weighted by Gasteiger charge is -2.10. The first-order valence-corrected chi connectivity index (χ1v) is 8.19. The number of benzene rings is 2. The van der Waals surface area contributed by atoms with Gasteiger partial charge >= 0.3 is 5.97 Å². The van der Waals surface area contributed by atoms with Crippen LogP contribution in [0.1, 0.15) is 15.9 Å². The molecule has 5 nitrogen and oxygen atoms in total. The number of hydrogen-bond donors (Lipinski definition) is 2. The van der Waals surface area contributed by atoms with Crippen molar-refractivity contribution < 1.29 is 18.3 Å². The number of rotatable bonds is 4. The van der Waals surface area contributed by atoms with Gasteiger partial charge in [0.1, 0.15) is 0 Å². The van der Waals surface area contributed by atoms with Gasteiger partial charge in [-0.15, -0.1) is 0 Å². The Morgan fingerprint density at radius 1 is 1.19 bits per heavy atom. The van der Waals surface area contributed by atoms with Gasteiger partial charge < -0.3 is 5.11 Å². The van der Waals surface area contributed by atoms with Crippen LogP contribution in [0.2, 0.25) is 0 Å². The lowest BCUT2D eigenvalue weighted by Crippen LogP contribution is -2.13. The molecule has 0 heterocycles. The molecule has 110 valence electrons. The van der Waals surface area contributed by atoms with Crippen LogP contribution in [0.15, 0.2) is 51.8 Å². The maximum Gasteiger partial charge on any atom is 0.336 e. The molecule has 0 bridgehead atoms. The van der Waals surface area contributed by atoms with Crippen LogP contribution < -0.4 is 4.72 Å². The van der Waals surface area contributed by atoms with Crippen molar-refractivity contribution >= 4 is 37.6 Å². The summed E-state index contributed by atoms with van der Waals surface area (Å²) in [6.45, 7) is 1.65. The van der Waals surface area contributed by atoms with E-state index in [1.165, 1.54) is 24.3 Å². The van der Waals surface area contributed by atoms with E-state index in [9.17, 15) is 13.2 Å². The maximum absolute atomic E-state index is 12.2. The Balaban J connectivity index is 2.37. The predicted molar refractivity (Wildman–Crippen MR) is 83.1 cm³/mol. The Kier molecular flexibility index (Phi) is 4.34. The van der Waals surface area contributed by atoms with Gasteiger partial charge in [-0.1, -0.05) is 28.1 Å². The summed E-state index contributed by atoms with van der Waals surface area (Å²) in [5, 5.41) is 9.06. The van der Waals surface area contributed by atoms with Crippen LogP contribution in [0, 0.1) is 6.92 Å². The number of carboxylic acids is 1. The highest BCUT2D eigenvalue weighted by Crippen LogP contribution is 2.21. The third kappa shape index (κ3) is 3.62. The van der Waals surface area contributed by atoms with Crippen LogP contribution >= 0.6 is 15.9 Å². The molecule has 0 saturated carbocycles. The summed E-state index contributed by atoms with van der Waals surface area (Å²) in [4.78, 5) is 11.2. The van der Waals surface area contributed by atoms with Gasteiger partial charge in [0.15, 0.2) is 0 Å². The van der Waals surface area contributed by atoms with Gasteiger partial charge in [0.2, 0.25) is 0 Å². The molecule has 0 aliphatic rings. The molecule has 0 unspecified atom stereocenters. The largest absolute Gasteiger partial charge is 0.478 e. The Bertz CT molecular complexity index is 802. The molecular weight excluding hydrogens is 358 g/mol. The van der Waals surface area contributed by atoms with E-state index in [0.717, 1.165) is 0 Å². The van der Waals surface area contributed by atoms with Crippen LogP contribution in [0.3, 0.4) is 0 Å². The van der Waals surface area contributed by atoms with Crippen molar-refractivity contribution in [2.24, 2.45) is 0 Å². The number of aryl methyl sites for hydroxylation is 1. The van der Waals surface area contributed by atoms with Crippen molar-refractivity contribution in [3.05, 3.63) is 58.1 Å². The summed E-state index contributed by atoms with van der Waals surface area (Å²) in [7, 11) is -3.76. The summed E-state index contributed by atoms with van der Waals surface area (Å²) < 4.78 is 27.5. The second kappa shape index (κ2) is 5.87. The number of sulfonamides is 1. The number of halogens is 1. The van der Waals surface area contributed by atoms with Gasteiger partial charge in [0, 0.05) is 10.2 Å². The quantitative estimate of drug-likeness (QED) is 0.866. The molecule has 0 radical (unpaired) electrons. The van der Waals surface area contributed by atoms with Crippen molar-refractivity contribution in [2.75, 3.05) is 4.72 Å². The average molecular weight is 370 g/mol. The fourth-order valence-electron chi connectivity index (χ4n) is 1.76. The van der Waals surface area contributed by atoms with Gasteiger partial charge in [-0.3, -0.25) is 4.72 Å². The van der Waals surface area contributed by atoms with E-state index >= 15 is 0 Å². The first-order chi connectivity index (χ1) is 9.79. The van der Waals surface area contributed by atoms with Crippen molar-refractivity contribution in [3.63, 3.8) is 0 Å². The third-order valence-corrected chi connectivity index (χ3v) is 4.70. The number of anilines is 1. The van der Waals surface area contributed by atoms with E-state index in [1.54, 1.807) is 25.1 Å². The smallest absolute Gasteiger partial charge is 0.336 e. The highest BCUT2D eigenvalue weighted by Gasteiger charge is 2.16. The molecule has 0 atom stereocenters. The molecule has 2 N–H and O–H groups in total. The lowest BCUT2D eigenvalue weighted by molar-refractivity contribution is 0.0696. The van der Waals surface area contributed by atoms with E-state index in [1.807, 2.05) is 0 Å². The van der Waals surface area contributed by atoms with Crippen LogP contribution in [-0.2, 0) is 10.0 Å². The predicted octanol–water partition coefficient (Wildman–Crippen LogP) is 3.26. The summed E-state index contributed by atoms with van der Waals surface area (Å²) in [5.41, 5.74) is 0.829. The maximum atomic E-state index is 12.2. The van der Waals surface area contributed by atoms with E-state index < -0.39 is 16.0 Å². The summed E-state index contributed by atoms with van der Waals surface area (Å²) in [5.74, 6) is -1.10. The van der Waals surface area contributed by atoms with Gasteiger partial charge in [-0.2, -0.15) is 0 Å². The van der Waals surface area contributed by atoms with Gasteiger partial charge in [0.25, 0.3) is 10.0 Å². The standard InChI is InChI=1S/C14H12BrNO4S/c1-9-5-6-11(8-13(9)14(17)18)16-21(19,20)12-4-2-3-10(15)7-12/h2-8,16H,1H3,(H,17,18). The topological polar surface area (TPSA) is 83.5 Å². The van der Waals surface area contributed by atoms with Crippen LogP contribution in [-0.4, -0.2) is 19.5 Å². The van der Waals surface area contributed by atoms with Crippen molar-refractivity contribution in [2.45, 2.75) is 11.8 Å². The molecule has 7 heteroatoms. The fourth-order valence-corrected chi connectivity index (χ4v) is 3.41. The lowest BCUT2D eigenvalue weighted by atomic mass is 10.1. The number of carboxylic acid groups (broad SMARTS) is 1. The fraction of sp³-hybridized carbons (Fsp3) is 0.0714. The van der Waals surface area contributed by atoms with Crippen LogP contribution in [0.4, 0.5) is 5.69 Å². The molecule has 0 aliphatic heterocycles. The normalized spacial score (nSPS) is 11.1. The molecule has 21 heavy (non-hydrogen) atoms.